The SMILES string of the molecule is CC(C)[C@@H]1NC(=O)[C@H](CC(N)=O)NC(=O)[C@H](Cc2ccc(OP(=O)(O)O)cc2)NC(=O)[C@H](Cc2ccccc2)NC(=O)[C@H](C)NC(=O)CSC[C@@H](C(N)=O)NC(=O)C2(CCCCC2)NC(=O)[C@H](Cc2ccc(O)cc2)NC(=O)[C@H](CC(C)(C)C)NC(=O)CNC1=O. The average molecular weight is 1310 g/mol. The van der Waals surface area contributed by atoms with Crippen molar-refractivity contribution in [1.29, 1.82) is 0 Å². The summed E-state index contributed by atoms with van der Waals surface area (Å²) < 4.78 is 16.2. The first-order valence-corrected chi connectivity index (χ1v) is 32.2. The molecule has 0 radical (unpaired) electrons. The van der Waals surface area contributed by atoms with Gasteiger partial charge in [-0.1, -0.05) is 108 Å². The molecule has 91 heavy (non-hydrogen) atoms. The summed E-state index contributed by atoms with van der Waals surface area (Å²) in [6, 6.07) is 7.11. The van der Waals surface area contributed by atoms with Crippen LogP contribution in [0.15, 0.2) is 78.9 Å². The Morgan fingerprint density at radius 3 is 1.66 bits per heavy atom. The molecule has 1 heterocycles. The smallest absolute Gasteiger partial charge is 0.508 e. The predicted octanol–water partition coefficient (Wildman–Crippen LogP) is -1.08. The molecule has 29 nitrogen and oxygen atoms in total. The van der Waals surface area contributed by atoms with Gasteiger partial charge in [0.25, 0.3) is 0 Å². The number of benzene rings is 3. The number of carbonyl (C=O) groups excluding carboxylic acids is 12. The molecule has 2 fully saturated rings. The molecule has 1 aliphatic carbocycles. The molecule has 0 aromatic heterocycles. The molecule has 3 aromatic rings. The predicted molar refractivity (Wildman–Crippen MR) is 332 cm³/mol. The van der Waals surface area contributed by atoms with Crippen molar-refractivity contribution in [3.05, 3.63) is 95.6 Å². The number of hydrogen-bond acceptors (Lipinski definition) is 16. The molecule has 0 unspecified atom stereocenters. The highest BCUT2D eigenvalue weighted by molar-refractivity contribution is 8.00. The molecule has 5 rings (SSSR count). The van der Waals surface area contributed by atoms with Crippen LogP contribution >= 0.6 is 19.6 Å². The molecule has 12 amide bonds. The largest absolute Gasteiger partial charge is 0.524 e. The van der Waals surface area contributed by atoms with Gasteiger partial charge in [-0.2, -0.15) is 0 Å². The molecular formula is C60H83N12O17PS. The van der Waals surface area contributed by atoms with E-state index >= 15 is 0 Å². The molecule has 496 valence electrons. The van der Waals surface area contributed by atoms with Gasteiger partial charge in [0.15, 0.2) is 0 Å². The summed E-state index contributed by atoms with van der Waals surface area (Å²) in [4.78, 5) is 187. The van der Waals surface area contributed by atoms with Gasteiger partial charge in [0.05, 0.1) is 18.7 Å². The Morgan fingerprint density at radius 2 is 1.13 bits per heavy atom. The van der Waals surface area contributed by atoms with Crippen molar-refractivity contribution in [2.75, 3.05) is 18.1 Å². The fourth-order valence-electron chi connectivity index (χ4n) is 10.1. The zero-order valence-electron chi connectivity index (χ0n) is 51.5. The minimum absolute atomic E-state index is 0.0162. The van der Waals surface area contributed by atoms with E-state index in [9.17, 15) is 77.0 Å². The van der Waals surface area contributed by atoms with Crippen LogP contribution in [0.1, 0.15) is 103 Å². The Hall–Kier alpha value is -8.60. The Labute approximate surface area is 530 Å². The van der Waals surface area contributed by atoms with Crippen molar-refractivity contribution in [3.8, 4) is 11.5 Å². The first-order chi connectivity index (χ1) is 42.7. The number of phosphoric ester groups is 1. The average Bonchev–Trinajstić information content (AvgIpc) is 0.934. The number of carbonyl (C=O) groups is 12. The minimum Gasteiger partial charge on any atom is -0.508 e. The molecule has 1 aliphatic heterocycles. The van der Waals surface area contributed by atoms with Crippen molar-refractivity contribution >= 4 is 90.5 Å². The van der Waals surface area contributed by atoms with E-state index in [2.05, 4.69) is 57.7 Å². The fourth-order valence-corrected chi connectivity index (χ4v) is 11.3. The van der Waals surface area contributed by atoms with Crippen molar-refractivity contribution < 1.29 is 81.5 Å². The van der Waals surface area contributed by atoms with Gasteiger partial charge in [0.2, 0.25) is 70.9 Å². The number of thioether (sulfide) groups is 1. The number of nitrogens with one attached hydrogen (secondary N) is 10. The summed E-state index contributed by atoms with van der Waals surface area (Å²) in [5.74, 6) is -12.8. The highest BCUT2D eigenvalue weighted by Gasteiger charge is 2.44. The van der Waals surface area contributed by atoms with Gasteiger partial charge in [-0.15, -0.1) is 11.8 Å². The van der Waals surface area contributed by atoms with E-state index in [1.54, 1.807) is 51.1 Å². The standard InChI is InChI=1S/C60H83N12O17PS/c1-33(2)49-57(84)63-30-47(75)65-44(29-59(4,5)6)55(82)68-42(27-36-15-19-38(73)20-16-36)56(83)72-60(23-11-8-12-24-60)58(85)70-45(50(62)77)31-91-32-48(76)64-34(3)51(78)66-40(25-35-13-9-7-10-14-35)52(79)67-41(53(80)69-43(28-46(61)74)54(81)71-49)26-37-17-21-39(22-18-37)89-90(86,87)88/h7,9-10,13-22,33-34,40-45,49,73H,8,11-12,23-32H2,1-6H3,(H2,61,74)(H2,62,77)(H,63,84)(H,64,76)(H,65,75)(H,66,78)(H,67,79)(H,68,82)(H,69,80)(H,70,85)(H,71,81)(H,72,83)(H2,86,87,88)/t34-,40-,41-,42-,43-,44-,45-,49-/m0/s1. The van der Waals surface area contributed by atoms with Gasteiger partial charge in [0.1, 0.15) is 65.4 Å². The molecule has 2 aliphatic rings. The lowest BCUT2D eigenvalue weighted by Gasteiger charge is -2.38. The second kappa shape index (κ2) is 33.5. The van der Waals surface area contributed by atoms with Gasteiger partial charge in [-0.3, -0.25) is 67.3 Å². The number of aromatic hydroxyl groups is 1. The number of hydrogen-bond donors (Lipinski definition) is 15. The van der Waals surface area contributed by atoms with E-state index in [1.807, 2.05) is 0 Å². The Balaban J connectivity index is 1.54. The molecular weight excluding hydrogens is 1220 g/mol. The van der Waals surface area contributed by atoms with E-state index in [4.69, 9.17) is 11.5 Å². The van der Waals surface area contributed by atoms with Crippen molar-refractivity contribution in [2.45, 2.75) is 160 Å². The van der Waals surface area contributed by atoms with Crippen LogP contribution in [0.4, 0.5) is 0 Å². The third kappa shape index (κ3) is 24.3. The normalized spacial score (nSPS) is 23.9. The monoisotopic (exact) mass is 1310 g/mol. The number of rotatable bonds is 13. The van der Waals surface area contributed by atoms with Gasteiger partial charge in [-0.25, -0.2) is 4.57 Å². The van der Waals surface area contributed by atoms with Crippen LogP contribution in [0, 0.1) is 11.3 Å². The number of nitrogens with two attached hydrogens (primary N) is 2. The minimum atomic E-state index is -5.01. The van der Waals surface area contributed by atoms with E-state index in [-0.39, 0.29) is 60.7 Å². The molecule has 17 N–H and O–H groups in total. The second-order valence-electron chi connectivity index (χ2n) is 24.1. The quantitative estimate of drug-likeness (QED) is 0.0906. The summed E-state index contributed by atoms with van der Waals surface area (Å²) in [5, 5.41) is 36.0. The lowest BCUT2D eigenvalue weighted by atomic mass is 9.80. The molecule has 1 saturated heterocycles. The van der Waals surface area contributed by atoms with E-state index in [0.717, 1.165) is 11.8 Å². The highest BCUT2D eigenvalue weighted by Crippen LogP contribution is 2.37. The number of phenols is 1. The first kappa shape index (κ1) is 73.1. The number of phenolic OH excluding ortho intramolecular Hbond substituents is 1. The number of amides is 12. The van der Waals surface area contributed by atoms with Crippen LogP contribution in [0.3, 0.4) is 0 Å². The lowest BCUT2D eigenvalue weighted by Crippen LogP contribution is -2.65. The Bertz CT molecular complexity index is 3160. The van der Waals surface area contributed by atoms with Gasteiger partial charge >= 0.3 is 7.82 Å². The molecule has 8 atom stereocenters. The molecule has 3 aromatic carbocycles. The van der Waals surface area contributed by atoms with Crippen LogP contribution in [0.2, 0.25) is 0 Å². The van der Waals surface area contributed by atoms with Crippen LogP contribution in [-0.2, 0) is 81.4 Å². The maximum atomic E-state index is 14.7. The highest BCUT2D eigenvalue weighted by atomic mass is 32.2. The zero-order chi connectivity index (χ0) is 67.4. The number of phosphoric acid groups is 1. The Kier molecular flexibility index (Phi) is 26.9. The van der Waals surface area contributed by atoms with E-state index in [0.29, 0.717) is 30.4 Å². The third-order valence-electron chi connectivity index (χ3n) is 14.8. The summed E-state index contributed by atoms with van der Waals surface area (Å²) >= 11 is 0.872. The van der Waals surface area contributed by atoms with Crippen molar-refractivity contribution in [1.82, 2.24) is 53.2 Å². The molecule has 31 heteroatoms. The maximum absolute atomic E-state index is 14.7. The summed E-state index contributed by atoms with van der Waals surface area (Å²) in [6.07, 6.45) is 0.180. The Morgan fingerprint density at radius 1 is 0.626 bits per heavy atom. The van der Waals surface area contributed by atoms with Gasteiger partial charge < -0.3 is 74.3 Å². The topological polar surface area (TPSA) is 464 Å². The van der Waals surface area contributed by atoms with Crippen molar-refractivity contribution in [2.24, 2.45) is 22.8 Å². The van der Waals surface area contributed by atoms with Crippen LogP contribution in [-0.4, -0.2) is 158 Å². The van der Waals surface area contributed by atoms with Crippen LogP contribution < -0.4 is 69.2 Å². The second-order valence-corrected chi connectivity index (χ2v) is 26.3. The third-order valence-corrected chi connectivity index (χ3v) is 16.2. The van der Waals surface area contributed by atoms with Crippen LogP contribution in [0.25, 0.3) is 0 Å². The van der Waals surface area contributed by atoms with E-state index in [1.165, 1.54) is 69.3 Å². The van der Waals surface area contributed by atoms with E-state index < -0.39 is 163 Å². The van der Waals surface area contributed by atoms with Gasteiger partial charge in [0, 0.05) is 25.0 Å². The first-order valence-electron chi connectivity index (χ1n) is 29.5. The molecule has 1 spiro atoms. The van der Waals surface area contributed by atoms with Crippen LogP contribution in [0.5, 0.6) is 11.5 Å². The molecule has 0 bridgehead atoms. The molecule has 1 saturated carbocycles. The summed E-state index contributed by atoms with van der Waals surface area (Å²) in [6.45, 7) is 9.00. The lowest BCUT2D eigenvalue weighted by molar-refractivity contribution is -0.138. The maximum Gasteiger partial charge on any atom is 0.524 e. The zero-order valence-corrected chi connectivity index (χ0v) is 53.2. The number of primary amides is 2. The van der Waals surface area contributed by atoms with Gasteiger partial charge in [-0.05, 0) is 78.5 Å². The fraction of sp³-hybridized carbons (Fsp3) is 0.500. The summed E-state index contributed by atoms with van der Waals surface area (Å²) in [5.41, 5.74) is 10.3. The summed E-state index contributed by atoms with van der Waals surface area (Å²) in [7, 11) is -5.01. The van der Waals surface area contributed by atoms with Crippen molar-refractivity contribution in [3.63, 3.8) is 0 Å².